The van der Waals surface area contributed by atoms with Crippen molar-refractivity contribution in [3.05, 3.63) is 65.4 Å². The molecule has 0 N–H and O–H groups in total. The number of rotatable bonds is 6. The number of fused-ring (bicyclic) bond motifs is 1. The molecule has 0 bridgehead atoms. The normalized spacial score (nSPS) is 15.4. The second-order valence-corrected chi connectivity index (χ2v) is 8.76. The maximum atomic E-state index is 13.4. The molecule has 3 aromatic rings. The fraction of sp³-hybridized carbons (Fsp3) is 0.370. The van der Waals surface area contributed by atoms with Gasteiger partial charge in [-0.2, -0.15) is 4.98 Å². The van der Waals surface area contributed by atoms with E-state index in [2.05, 4.69) is 4.90 Å². The molecule has 3 heterocycles. The van der Waals surface area contributed by atoms with Gasteiger partial charge in [-0.3, -0.25) is 4.79 Å². The van der Waals surface area contributed by atoms with Gasteiger partial charge in [0.2, 0.25) is 11.8 Å². The first-order valence-electron chi connectivity index (χ1n) is 12.0. The fourth-order valence-electron chi connectivity index (χ4n) is 4.61. The second kappa shape index (κ2) is 10.2. The van der Waals surface area contributed by atoms with Gasteiger partial charge in [0, 0.05) is 26.1 Å². The molecular weight excluding hydrogens is 444 g/mol. The van der Waals surface area contributed by atoms with Crippen LogP contribution in [0.15, 0.2) is 48.5 Å². The lowest BCUT2D eigenvalue weighted by atomic mass is 10.0. The van der Waals surface area contributed by atoms with Crippen molar-refractivity contribution in [2.24, 2.45) is 0 Å². The van der Waals surface area contributed by atoms with Crippen molar-refractivity contribution >= 4 is 11.9 Å². The third-order valence-electron chi connectivity index (χ3n) is 6.55. The third-order valence-corrected chi connectivity index (χ3v) is 6.55. The zero-order valence-corrected chi connectivity index (χ0v) is 20.2. The average molecular weight is 475 g/mol. The zero-order chi connectivity index (χ0) is 24.2. The fourth-order valence-corrected chi connectivity index (χ4v) is 4.61. The summed E-state index contributed by atoms with van der Waals surface area (Å²) in [6.45, 7) is 2.83. The van der Waals surface area contributed by atoms with E-state index in [1.807, 2.05) is 41.3 Å². The molecule has 1 saturated heterocycles. The highest BCUT2D eigenvalue weighted by atomic mass is 16.5. The van der Waals surface area contributed by atoms with Crippen molar-refractivity contribution in [1.82, 2.24) is 14.9 Å². The van der Waals surface area contributed by atoms with Crippen LogP contribution < -0.4 is 19.1 Å². The Hall–Kier alpha value is -3.81. The average Bonchev–Trinajstić information content (AvgIpc) is 2.93. The molecule has 1 amide bonds. The molecule has 0 radical (unpaired) electrons. The minimum absolute atomic E-state index is 0.0800. The Labute approximate surface area is 205 Å². The van der Waals surface area contributed by atoms with Crippen molar-refractivity contribution in [2.75, 3.05) is 38.8 Å². The van der Waals surface area contributed by atoms with Gasteiger partial charge in [0.25, 0.3) is 5.91 Å². The highest BCUT2D eigenvalue weighted by Crippen LogP contribution is 2.33. The largest absolute Gasteiger partial charge is 0.497 e. The Bertz CT molecular complexity index is 1190. The molecule has 2 aromatic carbocycles. The number of benzene rings is 2. The predicted octanol–water partition coefficient (Wildman–Crippen LogP) is 4.47. The maximum absolute atomic E-state index is 13.4. The number of anilines is 1. The number of carbonyl (C=O) groups excluding carboxylic acids is 1. The maximum Gasteiger partial charge on any atom is 0.257 e. The van der Waals surface area contributed by atoms with E-state index >= 15 is 0 Å². The molecule has 35 heavy (non-hydrogen) atoms. The van der Waals surface area contributed by atoms with E-state index in [0.29, 0.717) is 48.4 Å². The van der Waals surface area contributed by atoms with Crippen molar-refractivity contribution in [3.8, 4) is 23.1 Å². The van der Waals surface area contributed by atoms with Crippen molar-refractivity contribution in [3.63, 3.8) is 0 Å². The number of hydrogen-bond acceptors (Lipinski definition) is 7. The molecule has 0 spiro atoms. The minimum atomic E-state index is -0.0800. The number of methoxy groups -OCH3 is 2. The van der Waals surface area contributed by atoms with Crippen LogP contribution >= 0.6 is 0 Å². The van der Waals surface area contributed by atoms with Gasteiger partial charge in [-0.1, -0.05) is 12.1 Å². The number of aromatic nitrogens is 2. The number of carbonyl (C=O) groups is 1. The molecule has 1 aromatic heterocycles. The van der Waals surface area contributed by atoms with E-state index in [0.717, 1.165) is 42.9 Å². The quantitative estimate of drug-likeness (QED) is 0.521. The summed E-state index contributed by atoms with van der Waals surface area (Å²) in [4.78, 5) is 27.2. The summed E-state index contributed by atoms with van der Waals surface area (Å²) in [5.41, 5.74) is 2.33. The van der Waals surface area contributed by atoms with E-state index in [1.54, 1.807) is 26.4 Å². The van der Waals surface area contributed by atoms with Crippen LogP contribution in [0.5, 0.6) is 23.1 Å². The van der Waals surface area contributed by atoms with Crippen LogP contribution in [0.2, 0.25) is 0 Å². The van der Waals surface area contributed by atoms with Crippen molar-refractivity contribution in [2.45, 2.75) is 32.2 Å². The second-order valence-electron chi connectivity index (χ2n) is 8.76. The Morgan fingerprint density at radius 3 is 2.34 bits per heavy atom. The smallest absolute Gasteiger partial charge is 0.257 e. The zero-order valence-electron chi connectivity index (χ0n) is 20.2. The van der Waals surface area contributed by atoms with Gasteiger partial charge in [0.05, 0.1) is 37.6 Å². The monoisotopic (exact) mass is 474 g/mol. The van der Waals surface area contributed by atoms with Gasteiger partial charge in [-0.05, 0) is 55.7 Å². The van der Waals surface area contributed by atoms with Crippen molar-refractivity contribution in [1.29, 1.82) is 0 Å². The van der Waals surface area contributed by atoms with Gasteiger partial charge in [-0.15, -0.1) is 0 Å². The first-order valence-corrected chi connectivity index (χ1v) is 12.0. The van der Waals surface area contributed by atoms with Gasteiger partial charge in [0.15, 0.2) is 0 Å². The number of nitrogens with zero attached hydrogens (tertiary/aromatic N) is 4. The Morgan fingerprint density at radius 2 is 1.60 bits per heavy atom. The van der Waals surface area contributed by atoms with Crippen LogP contribution in [0.1, 0.15) is 40.9 Å². The highest BCUT2D eigenvalue weighted by Gasteiger charge is 2.29. The summed E-state index contributed by atoms with van der Waals surface area (Å²) in [7, 11) is 3.21. The SMILES string of the molecule is COc1ccc(Oc2nc(N3CCCCC3)nc3c2CN(C(=O)c2ccccc2OC)CC3)cc1. The van der Waals surface area contributed by atoms with Gasteiger partial charge in [0.1, 0.15) is 17.2 Å². The molecule has 0 saturated carbocycles. The summed E-state index contributed by atoms with van der Waals surface area (Å²) >= 11 is 0. The molecule has 182 valence electrons. The molecule has 1 fully saturated rings. The Balaban J connectivity index is 1.48. The van der Waals surface area contributed by atoms with Crippen molar-refractivity contribution < 1.29 is 19.0 Å². The van der Waals surface area contributed by atoms with Crippen LogP contribution in [0.3, 0.4) is 0 Å². The number of ether oxygens (including phenoxy) is 3. The van der Waals surface area contributed by atoms with Crippen LogP contribution in [-0.2, 0) is 13.0 Å². The van der Waals surface area contributed by atoms with Gasteiger partial charge in [-0.25, -0.2) is 4.98 Å². The Morgan fingerprint density at radius 1 is 0.857 bits per heavy atom. The Kier molecular flexibility index (Phi) is 6.70. The summed E-state index contributed by atoms with van der Waals surface area (Å²) in [6, 6.07) is 14.7. The third kappa shape index (κ3) is 4.87. The number of amides is 1. The molecular formula is C27H30N4O4. The van der Waals surface area contributed by atoms with E-state index in [-0.39, 0.29) is 5.91 Å². The molecule has 8 heteroatoms. The van der Waals surface area contributed by atoms with Crippen LogP contribution in [0.4, 0.5) is 5.95 Å². The van der Waals surface area contributed by atoms with E-state index in [4.69, 9.17) is 24.2 Å². The molecule has 5 rings (SSSR count). The standard InChI is InChI=1S/C27H30N4O4/c1-33-19-10-12-20(13-11-19)35-25-22-18-31(26(32)21-8-4-5-9-24(21)34-2)17-14-23(22)28-27(29-25)30-15-6-3-7-16-30/h4-5,8-13H,3,6-7,14-18H2,1-2H3. The topological polar surface area (TPSA) is 77.0 Å². The summed E-state index contributed by atoms with van der Waals surface area (Å²) in [6.07, 6.45) is 4.14. The van der Waals surface area contributed by atoms with E-state index in [9.17, 15) is 4.79 Å². The number of para-hydroxylation sites is 1. The molecule has 2 aliphatic rings. The molecule has 8 nitrogen and oxygen atoms in total. The van der Waals surface area contributed by atoms with E-state index in [1.165, 1.54) is 6.42 Å². The predicted molar refractivity (Wildman–Crippen MR) is 133 cm³/mol. The first-order chi connectivity index (χ1) is 17.2. The summed E-state index contributed by atoms with van der Waals surface area (Å²) in [5, 5.41) is 0. The van der Waals surface area contributed by atoms with Crippen LogP contribution in [0.25, 0.3) is 0 Å². The minimum Gasteiger partial charge on any atom is -0.497 e. The molecule has 0 unspecified atom stereocenters. The summed E-state index contributed by atoms with van der Waals surface area (Å²) < 4.78 is 17.0. The van der Waals surface area contributed by atoms with Gasteiger partial charge >= 0.3 is 0 Å². The molecule has 0 aliphatic carbocycles. The lowest BCUT2D eigenvalue weighted by Crippen LogP contribution is -2.38. The summed E-state index contributed by atoms with van der Waals surface area (Å²) in [5.74, 6) is 3.10. The highest BCUT2D eigenvalue weighted by molar-refractivity contribution is 5.97. The van der Waals surface area contributed by atoms with Crippen LogP contribution in [-0.4, -0.2) is 54.6 Å². The lowest BCUT2D eigenvalue weighted by molar-refractivity contribution is 0.0728. The van der Waals surface area contributed by atoms with Crippen LogP contribution in [0, 0.1) is 0 Å². The molecule has 0 atom stereocenters. The molecule has 2 aliphatic heterocycles. The first kappa shape index (κ1) is 23.0. The number of hydrogen-bond donors (Lipinski definition) is 0. The lowest BCUT2D eigenvalue weighted by Gasteiger charge is -2.32. The number of piperidine rings is 1. The van der Waals surface area contributed by atoms with Gasteiger partial charge < -0.3 is 24.0 Å². The van der Waals surface area contributed by atoms with E-state index < -0.39 is 0 Å².